The van der Waals surface area contributed by atoms with Crippen LogP contribution >= 0.6 is 0 Å². The molecule has 1 rings (SSSR count). The SMILES string of the molecule is CC(CCNC(=O)c1ccc(/C(N)=N/O)cn1)S(C)=O. The highest BCUT2D eigenvalue weighted by molar-refractivity contribution is 7.84. The number of nitrogens with two attached hydrogens (primary N) is 1. The van der Waals surface area contributed by atoms with Crippen LogP contribution in [0.4, 0.5) is 0 Å². The van der Waals surface area contributed by atoms with Crippen LogP contribution in [0, 0.1) is 0 Å². The summed E-state index contributed by atoms with van der Waals surface area (Å²) in [5, 5.41) is 14.1. The van der Waals surface area contributed by atoms with E-state index in [1.54, 1.807) is 12.3 Å². The van der Waals surface area contributed by atoms with E-state index in [-0.39, 0.29) is 22.7 Å². The number of nitrogens with one attached hydrogen (secondary N) is 1. The molecule has 0 saturated heterocycles. The lowest BCUT2D eigenvalue weighted by Crippen LogP contribution is -2.28. The normalized spacial score (nSPS) is 14.6. The first-order valence-corrected chi connectivity index (χ1v) is 7.62. The van der Waals surface area contributed by atoms with Crippen molar-refractivity contribution in [2.24, 2.45) is 10.9 Å². The van der Waals surface area contributed by atoms with Crippen molar-refractivity contribution >= 4 is 22.5 Å². The Kier molecular flexibility index (Phi) is 6.10. The van der Waals surface area contributed by atoms with Crippen molar-refractivity contribution in [2.75, 3.05) is 12.8 Å². The molecule has 0 spiro atoms. The summed E-state index contributed by atoms with van der Waals surface area (Å²) in [6, 6.07) is 3.03. The fraction of sp³-hybridized carbons (Fsp3) is 0.417. The van der Waals surface area contributed by atoms with Gasteiger partial charge in [0.25, 0.3) is 5.91 Å². The number of amides is 1. The number of carbonyl (C=O) groups excluding carboxylic acids is 1. The van der Waals surface area contributed by atoms with Gasteiger partial charge >= 0.3 is 0 Å². The Bertz CT molecular complexity index is 516. The summed E-state index contributed by atoms with van der Waals surface area (Å²) < 4.78 is 11.2. The number of pyridine rings is 1. The average molecular weight is 298 g/mol. The largest absolute Gasteiger partial charge is 0.409 e. The molecule has 0 saturated carbocycles. The second-order valence-electron chi connectivity index (χ2n) is 4.27. The Labute approximate surface area is 119 Å². The molecule has 1 amide bonds. The van der Waals surface area contributed by atoms with Gasteiger partial charge in [0.1, 0.15) is 5.69 Å². The van der Waals surface area contributed by atoms with Crippen LogP contribution in [0.25, 0.3) is 0 Å². The lowest BCUT2D eigenvalue weighted by atomic mass is 10.2. The molecule has 110 valence electrons. The topological polar surface area (TPSA) is 118 Å². The van der Waals surface area contributed by atoms with Crippen molar-refractivity contribution in [2.45, 2.75) is 18.6 Å². The summed E-state index contributed by atoms with van der Waals surface area (Å²) >= 11 is 0. The van der Waals surface area contributed by atoms with Crippen LogP contribution in [0.2, 0.25) is 0 Å². The van der Waals surface area contributed by atoms with E-state index in [0.29, 0.717) is 18.5 Å². The second kappa shape index (κ2) is 7.59. The molecule has 1 aromatic rings. The summed E-state index contributed by atoms with van der Waals surface area (Å²) in [6.07, 6.45) is 3.63. The monoisotopic (exact) mass is 298 g/mol. The second-order valence-corrected chi connectivity index (χ2v) is 6.07. The zero-order chi connectivity index (χ0) is 15.1. The molecule has 0 aromatic carbocycles. The number of rotatable bonds is 6. The summed E-state index contributed by atoms with van der Waals surface area (Å²) in [7, 11) is -0.897. The number of amidine groups is 1. The van der Waals surface area contributed by atoms with E-state index in [1.807, 2.05) is 6.92 Å². The predicted octanol–water partition coefficient (Wildman–Crippen LogP) is 0.0630. The zero-order valence-corrected chi connectivity index (χ0v) is 12.2. The van der Waals surface area contributed by atoms with Gasteiger partial charge in [-0.15, -0.1) is 0 Å². The summed E-state index contributed by atoms with van der Waals surface area (Å²) in [6.45, 7) is 2.30. The van der Waals surface area contributed by atoms with Crippen molar-refractivity contribution in [3.05, 3.63) is 29.6 Å². The summed E-state index contributed by atoms with van der Waals surface area (Å²) in [5.41, 5.74) is 6.06. The predicted molar refractivity (Wildman–Crippen MR) is 77.2 cm³/mol. The molecule has 1 heterocycles. The Hall–Kier alpha value is -1.96. The number of hydrogen-bond donors (Lipinski definition) is 3. The molecule has 2 unspecified atom stereocenters. The Morgan fingerprint density at radius 2 is 2.30 bits per heavy atom. The van der Waals surface area contributed by atoms with E-state index >= 15 is 0 Å². The van der Waals surface area contributed by atoms with Crippen molar-refractivity contribution in [1.82, 2.24) is 10.3 Å². The molecule has 8 heteroatoms. The molecule has 0 fully saturated rings. The van der Waals surface area contributed by atoms with Gasteiger partial charge in [0.15, 0.2) is 5.84 Å². The van der Waals surface area contributed by atoms with Crippen molar-refractivity contribution in [3.63, 3.8) is 0 Å². The minimum Gasteiger partial charge on any atom is -0.409 e. The standard InChI is InChI=1S/C12H18N4O3S/c1-8(20(2)19)5-6-14-12(17)10-4-3-9(7-15-10)11(13)16-18/h3-4,7-8,18H,5-6H2,1-2H3,(H2,13,16)(H,14,17). The molecular weight excluding hydrogens is 280 g/mol. The van der Waals surface area contributed by atoms with Crippen molar-refractivity contribution in [3.8, 4) is 0 Å². The van der Waals surface area contributed by atoms with E-state index in [2.05, 4.69) is 15.5 Å². The molecule has 0 radical (unpaired) electrons. The maximum Gasteiger partial charge on any atom is 0.269 e. The molecule has 2 atom stereocenters. The van der Waals surface area contributed by atoms with Crippen LogP contribution in [-0.4, -0.2) is 44.2 Å². The molecule has 7 nitrogen and oxygen atoms in total. The van der Waals surface area contributed by atoms with Crippen LogP contribution in [0.1, 0.15) is 29.4 Å². The Morgan fingerprint density at radius 3 is 2.80 bits per heavy atom. The molecule has 20 heavy (non-hydrogen) atoms. The minimum atomic E-state index is -0.897. The highest BCUT2D eigenvalue weighted by Crippen LogP contribution is 2.01. The van der Waals surface area contributed by atoms with Gasteiger partial charge in [-0.3, -0.25) is 14.0 Å². The molecule has 0 bridgehead atoms. The van der Waals surface area contributed by atoms with Crippen LogP contribution in [0.5, 0.6) is 0 Å². The third-order valence-electron chi connectivity index (χ3n) is 2.80. The van der Waals surface area contributed by atoms with Crippen LogP contribution in [0.3, 0.4) is 0 Å². The quantitative estimate of drug-likeness (QED) is 0.297. The first-order valence-electron chi connectivity index (χ1n) is 6.00. The molecule has 0 aliphatic carbocycles. The van der Waals surface area contributed by atoms with Crippen LogP contribution in [0.15, 0.2) is 23.5 Å². The van der Waals surface area contributed by atoms with Gasteiger partial charge in [0.05, 0.1) is 0 Å². The maximum atomic E-state index is 11.8. The fourth-order valence-corrected chi connectivity index (χ4v) is 1.83. The van der Waals surface area contributed by atoms with E-state index in [1.165, 1.54) is 12.3 Å². The Morgan fingerprint density at radius 1 is 1.60 bits per heavy atom. The van der Waals surface area contributed by atoms with E-state index in [0.717, 1.165) is 0 Å². The van der Waals surface area contributed by atoms with E-state index in [9.17, 15) is 9.00 Å². The fourth-order valence-electron chi connectivity index (χ4n) is 1.38. The minimum absolute atomic E-state index is 0.0335. The van der Waals surface area contributed by atoms with E-state index < -0.39 is 10.8 Å². The van der Waals surface area contributed by atoms with Gasteiger partial charge in [0, 0.05) is 40.6 Å². The number of aromatic nitrogens is 1. The lowest BCUT2D eigenvalue weighted by molar-refractivity contribution is 0.0948. The van der Waals surface area contributed by atoms with Gasteiger partial charge in [-0.25, -0.2) is 0 Å². The molecule has 0 aliphatic rings. The van der Waals surface area contributed by atoms with Gasteiger partial charge in [-0.1, -0.05) is 12.1 Å². The molecule has 0 aliphatic heterocycles. The first-order chi connectivity index (χ1) is 9.45. The summed E-state index contributed by atoms with van der Waals surface area (Å²) in [5.74, 6) is -0.381. The summed E-state index contributed by atoms with van der Waals surface area (Å²) in [4.78, 5) is 15.7. The number of nitrogens with zero attached hydrogens (tertiary/aromatic N) is 2. The van der Waals surface area contributed by atoms with Gasteiger partial charge < -0.3 is 16.3 Å². The highest BCUT2D eigenvalue weighted by atomic mass is 32.2. The van der Waals surface area contributed by atoms with Gasteiger partial charge in [0.2, 0.25) is 0 Å². The average Bonchev–Trinajstić information content (AvgIpc) is 2.46. The number of hydrogen-bond acceptors (Lipinski definition) is 5. The Balaban J connectivity index is 2.54. The molecule has 1 aromatic heterocycles. The van der Waals surface area contributed by atoms with Gasteiger partial charge in [-0.2, -0.15) is 0 Å². The van der Waals surface area contributed by atoms with Crippen LogP contribution in [-0.2, 0) is 10.8 Å². The molecular formula is C12H18N4O3S. The number of oxime groups is 1. The highest BCUT2D eigenvalue weighted by Gasteiger charge is 2.10. The zero-order valence-electron chi connectivity index (χ0n) is 11.4. The lowest BCUT2D eigenvalue weighted by Gasteiger charge is -2.09. The van der Waals surface area contributed by atoms with Crippen molar-refractivity contribution < 1.29 is 14.2 Å². The third-order valence-corrected chi connectivity index (χ3v) is 4.17. The van der Waals surface area contributed by atoms with Gasteiger partial charge in [-0.05, 0) is 18.6 Å². The first kappa shape index (κ1) is 16.1. The number of carbonyl (C=O) groups is 1. The third kappa shape index (κ3) is 4.61. The smallest absolute Gasteiger partial charge is 0.269 e. The maximum absolute atomic E-state index is 11.8. The van der Waals surface area contributed by atoms with Crippen molar-refractivity contribution in [1.29, 1.82) is 0 Å². The van der Waals surface area contributed by atoms with E-state index in [4.69, 9.17) is 10.9 Å². The molecule has 4 N–H and O–H groups in total. The van der Waals surface area contributed by atoms with Crippen LogP contribution < -0.4 is 11.1 Å².